The zero-order valence-electron chi connectivity index (χ0n) is 9.02. The molecule has 0 atom stereocenters. The fourth-order valence-corrected chi connectivity index (χ4v) is 1.05. The van der Waals surface area contributed by atoms with Crippen molar-refractivity contribution in [1.29, 1.82) is 0 Å². The van der Waals surface area contributed by atoms with Gasteiger partial charge in [0.1, 0.15) is 5.82 Å². The van der Waals surface area contributed by atoms with Gasteiger partial charge in [0, 0.05) is 6.07 Å². The van der Waals surface area contributed by atoms with Gasteiger partial charge >= 0.3 is 5.69 Å². The maximum absolute atomic E-state index is 10.5. The summed E-state index contributed by atoms with van der Waals surface area (Å²) in [5.41, 5.74) is 4.63. The van der Waals surface area contributed by atoms with E-state index in [1.54, 1.807) is 13.8 Å². The van der Waals surface area contributed by atoms with Crippen LogP contribution in [0.5, 0.6) is 0 Å². The number of hydrogen-bond donors (Lipinski definition) is 2. The number of nitrogen functional groups attached to an aromatic ring is 1. The summed E-state index contributed by atoms with van der Waals surface area (Å²) < 4.78 is 0. The van der Waals surface area contributed by atoms with Crippen LogP contribution >= 0.6 is 0 Å². The minimum absolute atomic E-state index is 0.136. The molecule has 16 heavy (non-hydrogen) atoms. The fraction of sp³-hybridized carbons (Fsp3) is 0.300. The lowest BCUT2D eigenvalue weighted by atomic mass is 10.1. The van der Waals surface area contributed by atoms with E-state index in [-0.39, 0.29) is 11.5 Å². The van der Waals surface area contributed by atoms with E-state index in [9.17, 15) is 10.1 Å². The summed E-state index contributed by atoms with van der Waals surface area (Å²) in [7, 11) is 0. The van der Waals surface area contributed by atoms with Crippen LogP contribution in [0.3, 0.4) is 0 Å². The second-order valence-corrected chi connectivity index (χ2v) is 3.75. The monoisotopic (exact) mass is 220 g/mol. The standard InChI is InChI=1S/C10H12N4O2/c1-4-10(2,3)13-8-6-5-7(14(15)16)9(11)12-8/h1,5-6H,2-3H3,(H3,11,12,13). The molecule has 1 heterocycles. The van der Waals surface area contributed by atoms with Crippen molar-refractivity contribution in [3.8, 4) is 12.3 Å². The van der Waals surface area contributed by atoms with Gasteiger partial charge in [0.15, 0.2) is 0 Å². The Morgan fingerprint density at radius 2 is 2.25 bits per heavy atom. The Labute approximate surface area is 93.0 Å². The first-order valence-corrected chi connectivity index (χ1v) is 4.52. The molecule has 0 spiro atoms. The number of nitrogens with one attached hydrogen (secondary N) is 1. The normalized spacial score (nSPS) is 10.6. The van der Waals surface area contributed by atoms with Crippen molar-refractivity contribution in [2.24, 2.45) is 0 Å². The average Bonchev–Trinajstić information content (AvgIpc) is 2.16. The molecule has 6 nitrogen and oxygen atoms in total. The zero-order valence-corrected chi connectivity index (χ0v) is 9.02. The van der Waals surface area contributed by atoms with Gasteiger partial charge in [0.25, 0.3) is 0 Å². The van der Waals surface area contributed by atoms with Crippen molar-refractivity contribution < 1.29 is 4.92 Å². The Bertz CT molecular complexity index is 462. The molecule has 0 aliphatic rings. The lowest BCUT2D eigenvalue weighted by Crippen LogP contribution is -2.29. The number of terminal acetylenes is 1. The van der Waals surface area contributed by atoms with E-state index < -0.39 is 10.5 Å². The lowest BCUT2D eigenvalue weighted by Gasteiger charge is -2.20. The van der Waals surface area contributed by atoms with Crippen LogP contribution in [-0.4, -0.2) is 15.4 Å². The molecule has 0 amide bonds. The average molecular weight is 220 g/mol. The predicted molar refractivity (Wildman–Crippen MR) is 61.8 cm³/mol. The third-order valence-corrected chi connectivity index (χ3v) is 1.90. The lowest BCUT2D eigenvalue weighted by molar-refractivity contribution is -0.384. The minimum Gasteiger partial charge on any atom is -0.378 e. The van der Waals surface area contributed by atoms with E-state index in [4.69, 9.17) is 12.2 Å². The molecule has 3 N–H and O–H groups in total. The molecule has 0 saturated heterocycles. The van der Waals surface area contributed by atoms with Crippen molar-refractivity contribution in [2.75, 3.05) is 11.1 Å². The molecule has 0 saturated carbocycles. The van der Waals surface area contributed by atoms with Gasteiger partial charge in [-0.3, -0.25) is 10.1 Å². The number of pyridine rings is 1. The van der Waals surface area contributed by atoms with Crippen LogP contribution in [-0.2, 0) is 0 Å². The van der Waals surface area contributed by atoms with E-state index >= 15 is 0 Å². The molecule has 0 aliphatic heterocycles. The second-order valence-electron chi connectivity index (χ2n) is 3.75. The summed E-state index contributed by atoms with van der Waals surface area (Å²) in [6, 6.07) is 2.75. The smallest absolute Gasteiger partial charge is 0.311 e. The highest BCUT2D eigenvalue weighted by molar-refractivity contribution is 5.58. The summed E-state index contributed by atoms with van der Waals surface area (Å²) in [4.78, 5) is 13.8. The van der Waals surface area contributed by atoms with Crippen LogP contribution in [0.2, 0.25) is 0 Å². The largest absolute Gasteiger partial charge is 0.378 e. The molecule has 1 aromatic heterocycles. The quantitative estimate of drug-likeness (QED) is 0.456. The van der Waals surface area contributed by atoms with Crippen molar-refractivity contribution in [3.63, 3.8) is 0 Å². The molecule has 0 unspecified atom stereocenters. The molecule has 0 aromatic carbocycles. The maximum Gasteiger partial charge on any atom is 0.311 e. The van der Waals surface area contributed by atoms with Crippen molar-refractivity contribution in [3.05, 3.63) is 22.2 Å². The van der Waals surface area contributed by atoms with Crippen LogP contribution in [0.1, 0.15) is 13.8 Å². The van der Waals surface area contributed by atoms with Gasteiger partial charge in [-0.2, -0.15) is 0 Å². The molecule has 1 aromatic rings. The molecule has 0 bridgehead atoms. The molecule has 6 heteroatoms. The summed E-state index contributed by atoms with van der Waals surface area (Å²) >= 11 is 0. The van der Waals surface area contributed by atoms with Crippen LogP contribution < -0.4 is 11.1 Å². The minimum atomic E-state index is -0.588. The summed E-state index contributed by atoms with van der Waals surface area (Å²) in [5, 5.41) is 13.4. The third-order valence-electron chi connectivity index (χ3n) is 1.90. The van der Waals surface area contributed by atoms with Crippen LogP contribution in [0.4, 0.5) is 17.3 Å². The molecule has 0 radical (unpaired) electrons. The number of hydrogen-bond acceptors (Lipinski definition) is 5. The van der Waals surface area contributed by atoms with Crippen LogP contribution in [0, 0.1) is 22.5 Å². The Balaban J connectivity index is 2.99. The van der Waals surface area contributed by atoms with Gasteiger partial charge in [-0.1, -0.05) is 5.92 Å². The Morgan fingerprint density at radius 1 is 1.62 bits per heavy atom. The van der Waals surface area contributed by atoms with E-state index in [1.807, 2.05) is 0 Å². The summed E-state index contributed by atoms with van der Waals surface area (Å²) in [6.45, 7) is 3.57. The first kappa shape index (κ1) is 11.8. The van der Waals surface area contributed by atoms with E-state index in [0.717, 1.165) is 0 Å². The van der Waals surface area contributed by atoms with Crippen LogP contribution in [0.25, 0.3) is 0 Å². The first-order valence-electron chi connectivity index (χ1n) is 4.52. The van der Waals surface area contributed by atoms with Gasteiger partial charge in [0.05, 0.1) is 10.5 Å². The van der Waals surface area contributed by atoms with Gasteiger partial charge in [-0.15, -0.1) is 6.42 Å². The third kappa shape index (κ3) is 2.60. The molecular formula is C10H12N4O2. The maximum atomic E-state index is 10.5. The highest BCUT2D eigenvalue weighted by atomic mass is 16.6. The SMILES string of the molecule is C#CC(C)(C)Nc1ccc([N+](=O)[O-])c(N)n1. The number of nitro groups is 1. The Kier molecular flexibility index (Phi) is 2.99. The Morgan fingerprint density at radius 3 is 2.69 bits per heavy atom. The number of nitrogens with two attached hydrogens (primary N) is 1. The highest BCUT2D eigenvalue weighted by Crippen LogP contribution is 2.22. The molecule has 0 fully saturated rings. The first-order chi connectivity index (χ1) is 7.35. The number of nitrogens with zero attached hydrogens (tertiary/aromatic N) is 2. The predicted octanol–water partition coefficient (Wildman–Crippen LogP) is 1.40. The topological polar surface area (TPSA) is 94.1 Å². The second kappa shape index (κ2) is 4.06. The summed E-state index contributed by atoms with van der Waals surface area (Å²) in [6.07, 6.45) is 5.29. The van der Waals surface area contributed by atoms with Crippen LogP contribution in [0.15, 0.2) is 12.1 Å². The van der Waals surface area contributed by atoms with E-state index in [0.29, 0.717) is 5.82 Å². The van der Waals surface area contributed by atoms with Gasteiger partial charge in [0.2, 0.25) is 5.82 Å². The number of rotatable bonds is 3. The molecule has 0 aliphatic carbocycles. The fourth-order valence-electron chi connectivity index (χ4n) is 1.05. The molecule has 84 valence electrons. The van der Waals surface area contributed by atoms with E-state index in [1.165, 1.54) is 12.1 Å². The van der Waals surface area contributed by atoms with E-state index in [2.05, 4.69) is 16.2 Å². The number of aromatic nitrogens is 1. The van der Waals surface area contributed by atoms with Crippen molar-refractivity contribution in [1.82, 2.24) is 4.98 Å². The van der Waals surface area contributed by atoms with Gasteiger partial charge in [-0.05, 0) is 19.9 Å². The van der Waals surface area contributed by atoms with Gasteiger partial charge < -0.3 is 11.1 Å². The Hall–Kier alpha value is -2.29. The van der Waals surface area contributed by atoms with Crippen molar-refractivity contribution >= 4 is 17.3 Å². The summed E-state index contributed by atoms with van der Waals surface area (Å²) in [5.74, 6) is 2.79. The van der Waals surface area contributed by atoms with Crippen molar-refractivity contribution in [2.45, 2.75) is 19.4 Å². The molecular weight excluding hydrogens is 208 g/mol. The zero-order chi connectivity index (χ0) is 12.3. The number of anilines is 2. The molecule has 1 rings (SSSR count). The van der Waals surface area contributed by atoms with Gasteiger partial charge in [-0.25, -0.2) is 4.98 Å². The highest BCUT2D eigenvalue weighted by Gasteiger charge is 2.17.